The number of thiophene rings is 1. The fourth-order valence-corrected chi connectivity index (χ4v) is 10.5. The van der Waals surface area contributed by atoms with Crippen molar-refractivity contribution in [2.45, 2.75) is 38.0 Å². The first-order valence-corrected chi connectivity index (χ1v) is 20.4. The lowest BCUT2D eigenvalue weighted by Gasteiger charge is -2.26. The average Bonchev–Trinajstić information content (AvgIpc) is 3.83. The highest BCUT2D eigenvalue weighted by Gasteiger charge is 2.23. The quantitative estimate of drug-likeness (QED) is 0.170. The van der Waals surface area contributed by atoms with Gasteiger partial charge < -0.3 is 9.32 Å². The number of fused-ring (bicyclic) bond motifs is 7. The second-order valence-electron chi connectivity index (χ2n) is 15.1. The van der Waals surface area contributed by atoms with Crippen LogP contribution in [0.15, 0.2) is 174 Å². The Morgan fingerprint density at radius 2 is 1.07 bits per heavy atom. The molecule has 1 saturated carbocycles. The molecule has 1 fully saturated rings. The Labute approximate surface area is 324 Å². The van der Waals surface area contributed by atoms with Gasteiger partial charge in [0.2, 0.25) is 0 Å². The second-order valence-corrected chi connectivity index (χ2v) is 16.1. The highest BCUT2D eigenvalue weighted by atomic mass is 32.1. The van der Waals surface area contributed by atoms with E-state index >= 15 is 0 Å². The fraction of sp³-hybridized carbons (Fsp3) is 0.115. The van der Waals surface area contributed by atoms with E-state index in [4.69, 9.17) is 4.42 Å². The molecule has 3 heteroatoms. The van der Waals surface area contributed by atoms with E-state index in [-0.39, 0.29) is 0 Å². The summed E-state index contributed by atoms with van der Waals surface area (Å²) in [5.74, 6) is 0.651. The highest BCUT2D eigenvalue weighted by Crippen LogP contribution is 2.48. The molecule has 2 aromatic heterocycles. The Kier molecular flexibility index (Phi) is 7.81. The van der Waals surface area contributed by atoms with E-state index in [1.165, 1.54) is 91.0 Å². The summed E-state index contributed by atoms with van der Waals surface area (Å²) in [7, 11) is 0. The minimum absolute atomic E-state index is 0.651. The van der Waals surface area contributed by atoms with Crippen LogP contribution in [-0.4, -0.2) is 0 Å². The lowest BCUT2D eigenvalue weighted by Crippen LogP contribution is -2.10. The number of rotatable bonds is 6. The van der Waals surface area contributed by atoms with Crippen molar-refractivity contribution in [3.05, 3.63) is 175 Å². The summed E-state index contributed by atoms with van der Waals surface area (Å²) < 4.78 is 8.93. The van der Waals surface area contributed by atoms with E-state index in [9.17, 15) is 0 Å². The van der Waals surface area contributed by atoms with Crippen LogP contribution in [0.4, 0.5) is 17.1 Å². The zero-order valence-corrected chi connectivity index (χ0v) is 31.4. The molecule has 0 amide bonds. The fourth-order valence-electron chi connectivity index (χ4n) is 9.14. The van der Waals surface area contributed by atoms with Crippen LogP contribution in [0.1, 0.15) is 43.6 Å². The van der Waals surface area contributed by atoms with Gasteiger partial charge in [-0.1, -0.05) is 141 Å². The summed E-state index contributed by atoms with van der Waals surface area (Å²) in [6.45, 7) is 0. The van der Waals surface area contributed by atoms with Crippen LogP contribution >= 0.6 is 11.3 Å². The Balaban J connectivity index is 1.05. The molecule has 0 N–H and O–H groups in total. The van der Waals surface area contributed by atoms with E-state index in [1.54, 1.807) is 5.56 Å². The molecule has 1 aliphatic carbocycles. The zero-order valence-electron chi connectivity index (χ0n) is 30.5. The van der Waals surface area contributed by atoms with Crippen molar-refractivity contribution in [2.75, 3.05) is 4.90 Å². The molecule has 264 valence electrons. The number of hydrogen-bond donors (Lipinski definition) is 0. The molecule has 10 aromatic rings. The van der Waals surface area contributed by atoms with Crippen LogP contribution in [-0.2, 0) is 0 Å². The lowest BCUT2D eigenvalue weighted by atomic mass is 9.84. The normalized spacial score (nSPS) is 13.7. The first-order chi connectivity index (χ1) is 27.3. The van der Waals surface area contributed by atoms with Crippen LogP contribution in [0.2, 0.25) is 0 Å². The van der Waals surface area contributed by atoms with E-state index in [2.05, 4.69) is 163 Å². The van der Waals surface area contributed by atoms with Gasteiger partial charge in [0, 0.05) is 37.6 Å². The summed E-state index contributed by atoms with van der Waals surface area (Å²) in [5, 5.41) is 7.55. The average molecular weight is 726 g/mol. The molecule has 55 heavy (non-hydrogen) atoms. The van der Waals surface area contributed by atoms with Gasteiger partial charge in [-0.15, -0.1) is 11.3 Å². The summed E-state index contributed by atoms with van der Waals surface area (Å²) in [6, 6.07) is 62.3. The molecular weight excluding hydrogens is 687 g/mol. The van der Waals surface area contributed by atoms with E-state index < -0.39 is 0 Å². The Hall–Kier alpha value is -6.16. The Bertz CT molecular complexity index is 3010. The number of benzene rings is 8. The lowest BCUT2D eigenvalue weighted by molar-refractivity contribution is 0.446. The van der Waals surface area contributed by atoms with Gasteiger partial charge >= 0.3 is 0 Å². The van der Waals surface area contributed by atoms with Crippen molar-refractivity contribution in [3.8, 4) is 22.3 Å². The third-order valence-electron chi connectivity index (χ3n) is 11.9. The molecule has 0 spiro atoms. The topological polar surface area (TPSA) is 16.4 Å². The van der Waals surface area contributed by atoms with Crippen LogP contribution in [0.3, 0.4) is 0 Å². The number of para-hydroxylation sites is 1. The maximum absolute atomic E-state index is 6.14. The van der Waals surface area contributed by atoms with E-state index in [0.29, 0.717) is 5.92 Å². The molecule has 11 rings (SSSR count). The monoisotopic (exact) mass is 725 g/mol. The molecule has 2 nitrogen and oxygen atoms in total. The molecule has 0 saturated heterocycles. The van der Waals surface area contributed by atoms with Crippen LogP contribution < -0.4 is 4.90 Å². The summed E-state index contributed by atoms with van der Waals surface area (Å²) >= 11 is 1.98. The van der Waals surface area contributed by atoms with Gasteiger partial charge in [0.25, 0.3) is 0 Å². The van der Waals surface area contributed by atoms with E-state index in [0.717, 1.165) is 33.3 Å². The minimum atomic E-state index is 0.651. The molecule has 8 aromatic carbocycles. The van der Waals surface area contributed by atoms with Gasteiger partial charge in [0.05, 0.1) is 10.4 Å². The maximum Gasteiger partial charge on any atom is 0.135 e. The van der Waals surface area contributed by atoms with Gasteiger partial charge in [-0.3, -0.25) is 0 Å². The molecule has 0 bridgehead atoms. The van der Waals surface area contributed by atoms with Crippen molar-refractivity contribution in [3.63, 3.8) is 0 Å². The number of hydrogen-bond acceptors (Lipinski definition) is 3. The predicted octanol–water partition coefficient (Wildman–Crippen LogP) is 16.0. The van der Waals surface area contributed by atoms with Crippen molar-refractivity contribution >= 4 is 81.3 Å². The van der Waals surface area contributed by atoms with Gasteiger partial charge in [0.1, 0.15) is 11.2 Å². The second kappa shape index (κ2) is 13.3. The smallest absolute Gasteiger partial charge is 0.135 e. The molecule has 0 radical (unpaired) electrons. The van der Waals surface area contributed by atoms with Crippen molar-refractivity contribution < 1.29 is 4.42 Å². The van der Waals surface area contributed by atoms with Gasteiger partial charge in [-0.25, -0.2) is 0 Å². The third kappa shape index (κ3) is 5.53. The van der Waals surface area contributed by atoms with Gasteiger partial charge in [-0.2, -0.15) is 0 Å². The number of furan rings is 1. The standard InChI is InChI=1S/C52H39NOS/c1-2-11-36(12-3-1)43-18-9-19-45-46-20-10-21-48(52(46)55-51(43)45)53(40-30-25-37(26-31-40)42-17-8-14-35-13-4-5-15-41(35)42)39-28-23-34(24-29-39)38-27-32-50-47(33-38)44-16-6-7-22-49(44)54-50/h4-10,13-33,36H,1-3,11-12H2. The molecule has 0 aliphatic heterocycles. The molecule has 2 heterocycles. The minimum Gasteiger partial charge on any atom is -0.456 e. The number of anilines is 3. The summed E-state index contributed by atoms with van der Waals surface area (Å²) in [4.78, 5) is 2.46. The maximum atomic E-state index is 6.14. The van der Waals surface area contributed by atoms with Crippen molar-refractivity contribution in [1.82, 2.24) is 0 Å². The molecule has 0 atom stereocenters. The van der Waals surface area contributed by atoms with Crippen LogP contribution in [0.5, 0.6) is 0 Å². The van der Waals surface area contributed by atoms with Crippen LogP contribution in [0, 0.1) is 0 Å². The largest absolute Gasteiger partial charge is 0.456 e. The summed E-state index contributed by atoms with van der Waals surface area (Å²) in [6.07, 6.45) is 6.63. The molecule has 0 unspecified atom stereocenters. The Morgan fingerprint density at radius 1 is 0.455 bits per heavy atom. The zero-order chi connectivity index (χ0) is 36.3. The summed E-state index contributed by atoms with van der Waals surface area (Å²) in [5.41, 5.74) is 11.7. The molecule has 1 aliphatic rings. The van der Waals surface area contributed by atoms with E-state index in [1.807, 2.05) is 23.5 Å². The van der Waals surface area contributed by atoms with Gasteiger partial charge in [0.15, 0.2) is 0 Å². The molecular formula is C52H39NOS. The Morgan fingerprint density at radius 3 is 1.89 bits per heavy atom. The van der Waals surface area contributed by atoms with Crippen LogP contribution in [0.25, 0.3) is 75.1 Å². The SMILES string of the molecule is c1ccc2c(-c3ccc(N(c4ccc(-c5ccc6oc7ccccc7c6c5)cc4)c4cccc5c4sc4c(C6CCCCC6)cccc45)cc3)cccc2c1. The van der Waals surface area contributed by atoms with Gasteiger partial charge in [-0.05, 0) is 106 Å². The first-order valence-electron chi connectivity index (χ1n) is 19.6. The number of nitrogens with zero attached hydrogens (tertiary/aromatic N) is 1. The highest BCUT2D eigenvalue weighted by molar-refractivity contribution is 7.26. The van der Waals surface area contributed by atoms with Crippen molar-refractivity contribution in [2.24, 2.45) is 0 Å². The predicted molar refractivity (Wildman–Crippen MR) is 235 cm³/mol. The first kappa shape index (κ1) is 32.3. The third-order valence-corrected chi connectivity index (χ3v) is 13.2. The van der Waals surface area contributed by atoms with Crippen molar-refractivity contribution in [1.29, 1.82) is 0 Å².